The zero-order chi connectivity index (χ0) is 18.5. The predicted octanol–water partition coefficient (Wildman–Crippen LogP) is 1.73. The van der Waals surface area contributed by atoms with Crippen molar-refractivity contribution in [3.05, 3.63) is 71.8 Å². The van der Waals surface area contributed by atoms with Gasteiger partial charge < -0.3 is 20.2 Å². The number of hydrogen-bond acceptors (Lipinski definition) is 5. The number of anilines is 1. The Hall–Kier alpha value is -3.39. The second-order valence-electron chi connectivity index (χ2n) is 5.61. The van der Waals surface area contributed by atoms with E-state index in [0.29, 0.717) is 11.4 Å². The lowest BCUT2D eigenvalue weighted by Gasteiger charge is -2.11. The highest BCUT2D eigenvalue weighted by atomic mass is 16.3. The molecule has 0 aliphatic rings. The minimum atomic E-state index is -0.818. The van der Waals surface area contributed by atoms with E-state index in [-0.39, 0.29) is 18.0 Å². The number of aryl methyl sites for hydroxylation is 1. The van der Waals surface area contributed by atoms with Crippen LogP contribution in [0.2, 0.25) is 0 Å². The van der Waals surface area contributed by atoms with Crippen LogP contribution in [0.3, 0.4) is 0 Å². The van der Waals surface area contributed by atoms with Crippen molar-refractivity contribution in [3.63, 3.8) is 0 Å². The van der Waals surface area contributed by atoms with E-state index in [1.54, 1.807) is 25.2 Å². The lowest BCUT2D eigenvalue weighted by molar-refractivity contribution is 0.0910. The summed E-state index contributed by atoms with van der Waals surface area (Å²) in [6.45, 7) is 0.0491. The highest BCUT2D eigenvalue weighted by Gasteiger charge is 2.17. The van der Waals surface area contributed by atoms with E-state index in [1.807, 2.05) is 18.2 Å². The molecule has 3 rings (SSSR count). The molecule has 0 fully saturated rings. The van der Waals surface area contributed by atoms with Gasteiger partial charge in [0.1, 0.15) is 5.82 Å². The third-order valence-electron chi connectivity index (χ3n) is 3.74. The Morgan fingerprint density at radius 2 is 1.96 bits per heavy atom. The van der Waals surface area contributed by atoms with Crippen molar-refractivity contribution in [2.45, 2.75) is 6.10 Å². The summed E-state index contributed by atoms with van der Waals surface area (Å²) in [5.74, 6) is -0.387. The molecule has 1 unspecified atom stereocenters. The van der Waals surface area contributed by atoms with Gasteiger partial charge in [0.05, 0.1) is 12.4 Å². The van der Waals surface area contributed by atoms with Crippen molar-refractivity contribution in [1.29, 1.82) is 0 Å². The van der Waals surface area contributed by atoms with E-state index in [0.717, 1.165) is 0 Å². The summed E-state index contributed by atoms with van der Waals surface area (Å²) in [4.78, 5) is 24.2. The number of benzene rings is 1. The Bertz CT molecular complexity index is 887. The van der Waals surface area contributed by atoms with Gasteiger partial charge in [-0.1, -0.05) is 30.3 Å². The number of rotatable bonds is 6. The van der Waals surface area contributed by atoms with Crippen LogP contribution in [0.15, 0.2) is 59.2 Å². The largest absolute Gasteiger partial charge is 0.459 e. The first-order chi connectivity index (χ1) is 12.5. The van der Waals surface area contributed by atoms with Crippen LogP contribution in [0.25, 0.3) is 0 Å². The van der Waals surface area contributed by atoms with Crippen LogP contribution < -0.4 is 10.6 Å². The zero-order valence-electron chi connectivity index (χ0n) is 14.0. The van der Waals surface area contributed by atoms with E-state index < -0.39 is 17.9 Å². The number of nitrogens with one attached hydrogen (secondary N) is 2. The Balaban J connectivity index is 1.61. The van der Waals surface area contributed by atoms with Crippen LogP contribution in [0, 0.1) is 0 Å². The second-order valence-corrected chi connectivity index (χ2v) is 5.61. The zero-order valence-corrected chi connectivity index (χ0v) is 14.0. The first kappa shape index (κ1) is 17.4. The number of furan rings is 1. The van der Waals surface area contributed by atoms with Crippen molar-refractivity contribution < 1.29 is 19.1 Å². The van der Waals surface area contributed by atoms with E-state index in [2.05, 4.69) is 15.7 Å². The quantitative estimate of drug-likeness (QED) is 0.624. The molecule has 8 nitrogen and oxygen atoms in total. The summed E-state index contributed by atoms with van der Waals surface area (Å²) in [7, 11) is 1.60. The summed E-state index contributed by atoms with van der Waals surface area (Å²) in [6.07, 6.45) is 0.580. The molecule has 134 valence electrons. The predicted molar refractivity (Wildman–Crippen MR) is 93.6 cm³/mol. The van der Waals surface area contributed by atoms with Crippen molar-refractivity contribution in [1.82, 2.24) is 15.1 Å². The van der Waals surface area contributed by atoms with Gasteiger partial charge in [0.15, 0.2) is 11.5 Å². The molecule has 2 heterocycles. The number of aliphatic hydroxyl groups excluding tert-OH is 1. The van der Waals surface area contributed by atoms with E-state index in [9.17, 15) is 14.7 Å². The van der Waals surface area contributed by atoms with Crippen LogP contribution in [-0.4, -0.2) is 33.2 Å². The highest BCUT2D eigenvalue weighted by Crippen LogP contribution is 2.13. The minimum absolute atomic E-state index is 0.0491. The summed E-state index contributed by atoms with van der Waals surface area (Å²) in [5, 5.41) is 19.4. The SMILES string of the molecule is Cn1nc(C(=O)NCC(O)c2ccccc2)cc1NC(=O)c1ccco1. The fourth-order valence-corrected chi connectivity index (χ4v) is 2.35. The molecule has 2 aromatic heterocycles. The van der Waals surface area contributed by atoms with Crippen molar-refractivity contribution in [3.8, 4) is 0 Å². The minimum Gasteiger partial charge on any atom is -0.459 e. The van der Waals surface area contributed by atoms with Gasteiger partial charge in [-0.3, -0.25) is 14.3 Å². The topological polar surface area (TPSA) is 109 Å². The lowest BCUT2D eigenvalue weighted by atomic mass is 10.1. The summed E-state index contributed by atoms with van der Waals surface area (Å²) >= 11 is 0. The molecular formula is C18H18N4O4. The maximum atomic E-state index is 12.2. The molecule has 0 aliphatic carbocycles. The molecule has 0 saturated carbocycles. The number of nitrogens with zero attached hydrogens (tertiary/aromatic N) is 2. The van der Waals surface area contributed by atoms with Gasteiger partial charge in [0.25, 0.3) is 11.8 Å². The molecule has 0 spiro atoms. The number of carbonyl (C=O) groups is 2. The first-order valence-corrected chi connectivity index (χ1v) is 7.94. The highest BCUT2D eigenvalue weighted by molar-refractivity contribution is 6.02. The third-order valence-corrected chi connectivity index (χ3v) is 3.74. The maximum Gasteiger partial charge on any atom is 0.292 e. The smallest absolute Gasteiger partial charge is 0.292 e. The second kappa shape index (κ2) is 7.66. The molecule has 0 radical (unpaired) electrons. The third kappa shape index (κ3) is 3.98. The monoisotopic (exact) mass is 354 g/mol. The summed E-state index contributed by atoms with van der Waals surface area (Å²) < 4.78 is 6.40. The molecule has 0 aliphatic heterocycles. The van der Waals surface area contributed by atoms with Crippen LogP contribution in [0.1, 0.15) is 32.7 Å². The normalized spacial score (nSPS) is 11.8. The van der Waals surface area contributed by atoms with Crippen LogP contribution in [0.4, 0.5) is 5.82 Å². The van der Waals surface area contributed by atoms with Gasteiger partial charge in [-0.15, -0.1) is 0 Å². The number of aromatic nitrogens is 2. The fourth-order valence-electron chi connectivity index (χ4n) is 2.35. The Kier molecular flexibility index (Phi) is 5.14. The molecule has 0 bridgehead atoms. The molecular weight excluding hydrogens is 336 g/mol. The molecule has 8 heteroatoms. The van der Waals surface area contributed by atoms with Gasteiger partial charge in [-0.25, -0.2) is 0 Å². The molecule has 3 aromatic rings. The molecule has 0 saturated heterocycles. The molecule has 1 aromatic carbocycles. The molecule has 26 heavy (non-hydrogen) atoms. The van der Waals surface area contributed by atoms with Gasteiger partial charge in [0.2, 0.25) is 0 Å². The van der Waals surface area contributed by atoms with Crippen LogP contribution >= 0.6 is 0 Å². The molecule has 3 N–H and O–H groups in total. The summed E-state index contributed by atoms with van der Waals surface area (Å²) in [5.41, 5.74) is 0.836. The van der Waals surface area contributed by atoms with E-state index >= 15 is 0 Å². The average Bonchev–Trinajstić information content (AvgIpc) is 3.31. The lowest BCUT2D eigenvalue weighted by Crippen LogP contribution is -2.28. The van der Waals surface area contributed by atoms with Gasteiger partial charge in [0, 0.05) is 19.7 Å². The van der Waals surface area contributed by atoms with Gasteiger partial charge >= 0.3 is 0 Å². The van der Waals surface area contributed by atoms with E-state index in [4.69, 9.17) is 4.42 Å². The number of carbonyl (C=O) groups excluding carboxylic acids is 2. The van der Waals surface area contributed by atoms with Crippen LogP contribution in [-0.2, 0) is 7.05 Å². The number of amides is 2. The van der Waals surface area contributed by atoms with Gasteiger partial charge in [-0.2, -0.15) is 5.10 Å². The van der Waals surface area contributed by atoms with Crippen molar-refractivity contribution >= 4 is 17.6 Å². The number of hydrogen-bond donors (Lipinski definition) is 3. The van der Waals surface area contributed by atoms with Crippen LogP contribution in [0.5, 0.6) is 0 Å². The van der Waals surface area contributed by atoms with Crippen molar-refractivity contribution in [2.24, 2.45) is 7.05 Å². The summed E-state index contributed by atoms with van der Waals surface area (Å²) in [6, 6.07) is 13.6. The number of aliphatic hydroxyl groups is 1. The fraction of sp³-hybridized carbons (Fsp3) is 0.167. The first-order valence-electron chi connectivity index (χ1n) is 7.94. The Labute approximate surface area is 149 Å². The van der Waals surface area contributed by atoms with E-state index in [1.165, 1.54) is 23.1 Å². The Morgan fingerprint density at radius 3 is 2.65 bits per heavy atom. The Morgan fingerprint density at radius 1 is 1.19 bits per heavy atom. The maximum absolute atomic E-state index is 12.2. The molecule has 2 amide bonds. The standard InChI is InChI=1S/C18H18N4O4/c1-22-16(20-18(25)15-8-5-9-26-15)10-13(21-22)17(24)19-11-14(23)12-6-3-2-4-7-12/h2-10,14,23H,11H2,1H3,(H,19,24)(H,20,25). The van der Waals surface area contributed by atoms with Gasteiger partial charge in [-0.05, 0) is 17.7 Å². The molecule has 1 atom stereocenters. The van der Waals surface area contributed by atoms with Crippen molar-refractivity contribution in [2.75, 3.05) is 11.9 Å². The average molecular weight is 354 g/mol.